The fourth-order valence-corrected chi connectivity index (χ4v) is 8.56. The second-order valence-corrected chi connectivity index (χ2v) is 21.0. The summed E-state index contributed by atoms with van der Waals surface area (Å²) in [6, 6.07) is 9.38. The van der Waals surface area contributed by atoms with Crippen molar-refractivity contribution in [3.8, 4) is 0 Å². The molecular weight excluding hydrogens is 755 g/mol. The molecule has 2 fully saturated rings. The Labute approximate surface area is 305 Å². The first-order valence-corrected chi connectivity index (χ1v) is 21.3. The van der Waals surface area contributed by atoms with Crippen LogP contribution in [0.1, 0.15) is 55.4 Å². The van der Waals surface area contributed by atoms with Gasteiger partial charge in [0.25, 0.3) is 0 Å². The molecule has 51 heavy (non-hydrogen) atoms. The molecule has 3 rings (SSSR count). The van der Waals surface area contributed by atoms with Gasteiger partial charge in [0.2, 0.25) is 0 Å². The summed E-state index contributed by atoms with van der Waals surface area (Å²) in [6.45, 7) is 15.5. The van der Waals surface area contributed by atoms with E-state index in [1.54, 1.807) is 0 Å². The van der Waals surface area contributed by atoms with Crippen LogP contribution < -0.4 is 4.46 Å². The summed E-state index contributed by atoms with van der Waals surface area (Å²) in [5.74, 6) is -3.81. The second-order valence-electron chi connectivity index (χ2n) is 13.8. The van der Waals surface area contributed by atoms with Gasteiger partial charge in [0, 0.05) is 0 Å². The second kappa shape index (κ2) is 18.2. The third kappa shape index (κ3) is 12.1. The third-order valence-corrected chi connectivity index (χ3v) is 15.5. The van der Waals surface area contributed by atoms with Crippen molar-refractivity contribution in [2.24, 2.45) is 0 Å². The summed E-state index contributed by atoms with van der Waals surface area (Å²) in [4.78, 5) is 61.4. The maximum atomic E-state index is 12.6. The number of hydrogen-bond donors (Lipinski definition) is 1. The number of ether oxygens (including phenoxy) is 8. The molecule has 0 saturated carbocycles. The number of carbonyl (C=O) groups excluding carboxylic acids is 5. The summed E-state index contributed by atoms with van der Waals surface area (Å²) in [7, 11) is -2.35. The van der Waals surface area contributed by atoms with Crippen LogP contribution in [0, 0.1) is 0 Å². The average molecular weight is 806 g/mol. The molecule has 2 aliphatic rings. The number of rotatable bonds is 13. The molecule has 0 aliphatic carbocycles. The predicted molar refractivity (Wildman–Crippen MR) is 182 cm³/mol. The van der Waals surface area contributed by atoms with Crippen molar-refractivity contribution in [2.75, 3.05) is 13.2 Å². The molecule has 0 bridgehead atoms. The monoisotopic (exact) mass is 806 g/mol. The first kappa shape index (κ1) is 42.5. The van der Waals surface area contributed by atoms with Crippen molar-refractivity contribution >= 4 is 57.6 Å². The fraction of sp³-hybridized carbons (Fsp3) is 0.676. The minimum atomic E-state index is -2.35. The fourth-order valence-electron chi connectivity index (χ4n) is 5.19. The molecule has 15 nitrogen and oxygen atoms in total. The Kier molecular flexibility index (Phi) is 15.2. The van der Waals surface area contributed by atoms with Gasteiger partial charge in [0.15, 0.2) is 0 Å². The van der Waals surface area contributed by atoms with Crippen LogP contribution in [0.3, 0.4) is 0 Å². The van der Waals surface area contributed by atoms with E-state index >= 15 is 0 Å². The molecule has 1 N–H and O–H groups in total. The van der Waals surface area contributed by atoms with Gasteiger partial charge in [0.05, 0.1) is 0 Å². The summed E-state index contributed by atoms with van der Waals surface area (Å²) >= 11 is -0.500. The zero-order chi connectivity index (χ0) is 38.3. The van der Waals surface area contributed by atoms with Gasteiger partial charge in [0.1, 0.15) is 0 Å². The molecule has 2 aliphatic heterocycles. The number of benzene rings is 1. The van der Waals surface area contributed by atoms with E-state index in [0.29, 0.717) is 0 Å². The number of hydrogen-bond acceptors (Lipinski definition) is 15. The summed E-state index contributed by atoms with van der Waals surface area (Å²) in [5.41, 5.74) is 0. The average Bonchev–Trinajstić information content (AvgIpc) is 3.00. The molecule has 1 aromatic rings. The first-order chi connectivity index (χ1) is 23.7. The SMILES string of the molecule is CC(=O)OC[C@H]1O[C@@H](O[C@H]2[C@H](O)[C@@H](CO[Si](C)(C)C(C)(C)C)O[C@@H]([Se]c3ccccc3)[C@@H]2OC(C)=O)[C@H](OC(C)=O)[C@@H](OC(C)=O)[C@@H]1OC(C)=O. The van der Waals surface area contributed by atoms with E-state index in [-0.39, 0.29) is 11.6 Å². The Bertz CT molecular complexity index is 1370. The molecule has 286 valence electrons. The van der Waals surface area contributed by atoms with Crippen molar-refractivity contribution in [2.45, 2.75) is 134 Å². The number of carbonyl (C=O) groups is 5. The Morgan fingerprint density at radius 1 is 0.706 bits per heavy atom. The molecule has 0 unspecified atom stereocenters. The van der Waals surface area contributed by atoms with Gasteiger partial charge in [-0.15, -0.1) is 0 Å². The Balaban J connectivity index is 2.12. The number of aliphatic hydroxyl groups excluding tert-OH is 1. The standard InChI is InChI=1S/C34H50O15SeSi/c1-18(35)41-16-25-27(43-19(2)36)29(44-20(3)37)30(45-21(4)38)32(47-25)49-28-26(40)24(17-42-51(9,10)34(6,7)8)48-33(31(28)46-22(5)39)50-23-14-12-11-13-15-23/h11-15,24-33,40H,16-17H2,1-10H3/t24-,25-,26-,27-,28+,29+,30-,31-,32+,33+/m1/s1. The van der Waals surface area contributed by atoms with Gasteiger partial charge in [-0.2, -0.15) is 0 Å². The molecule has 0 spiro atoms. The Morgan fingerprint density at radius 2 is 1.24 bits per heavy atom. The van der Waals surface area contributed by atoms with Crippen LogP contribution in [0.4, 0.5) is 0 Å². The minimum absolute atomic E-state index is 0.0236. The molecule has 10 atom stereocenters. The van der Waals surface area contributed by atoms with E-state index in [0.717, 1.165) is 32.2 Å². The van der Waals surface area contributed by atoms with Gasteiger partial charge < -0.3 is 0 Å². The zero-order valence-corrected chi connectivity index (χ0v) is 33.4. The van der Waals surface area contributed by atoms with Gasteiger partial charge >= 0.3 is 306 Å². The van der Waals surface area contributed by atoms with Crippen LogP contribution in [0.2, 0.25) is 18.1 Å². The Morgan fingerprint density at radius 3 is 1.76 bits per heavy atom. The molecule has 0 radical (unpaired) electrons. The van der Waals surface area contributed by atoms with Crippen molar-refractivity contribution in [3.63, 3.8) is 0 Å². The van der Waals surface area contributed by atoms with E-state index in [2.05, 4.69) is 33.9 Å². The van der Waals surface area contributed by atoms with E-state index in [9.17, 15) is 29.1 Å². The van der Waals surface area contributed by atoms with E-state index in [4.69, 9.17) is 42.3 Å². The normalized spacial score (nSPS) is 29.7. The summed E-state index contributed by atoms with van der Waals surface area (Å²) in [5, 5.41) is 11.0. The van der Waals surface area contributed by atoms with Gasteiger partial charge in [-0.3, -0.25) is 0 Å². The molecule has 0 amide bonds. The van der Waals surface area contributed by atoms with Crippen LogP contribution in [-0.4, -0.2) is 132 Å². The van der Waals surface area contributed by atoms with Crippen molar-refractivity contribution < 1.29 is 71.4 Å². The van der Waals surface area contributed by atoms with Gasteiger partial charge in [-0.1, -0.05) is 0 Å². The first-order valence-electron chi connectivity index (χ1n) is 16.5. The van der Waals surface area contributed by atoms with Crippen LogP contribution in [0.25, 0.3) is 0 Å². The van der Waals surface area contributed by atoms with Crippen LogP contribution in [0.15, 0.2) is 30.3 Å². The van der Waals surface area contributed by atoms with Crippen molar-refractivity contribution in [3.05, 3.63) is 30.3 Å². The molecule has 1 aromatic carbocycles. The van der Waals surface area contributed by atoms with Crippen molar-refractivity contribution in [1.82, 2.24) is 0 Å². The molecule has 17 heteroatoms. The third-order valence-electron chi connectivity index (χ3n) is 8.57. The topological polar surface area (TPSA) is 189 Å². The summed E-state index contributed by atoms with van der Waals surface area (Å²) < 4.78 is 54.0. The molecule has 2 saturated heterocycles. The maximum absolute atomic E-state index is 12.6. The van der Waals surface area contributed by atoms with Gasteiger partial charge in [-0.25, -0.2) is 0 Å². The summed E-state index contributed by atoms with van der Waals surface area (Å²) in [6.07, 6.45) is -12.5. The van der Waals surface area contributed by atoms with E-state index in [1.165, 1.54) is 6.92 Å². The Hall–Kier alpha value is -2.89. The van der Waals surface area contributed by atoms with Crippen LogP contribution in [0.5, 0.6) is 0 Å². The van der Waals surface area contributed by atoms with Gasteiger partial charge in [-0.05, 0) is 0 Å². The molecule has 2 heterocycles. The quantitative estimate of drug-likeness (QED) is 0.172. The number of esters is 5. The van der Waals surface area contributed by atoms with Crippen LogP contribution >= 0.6 is 0 Å². The van der Waals surface area contributed by atoms with E-state index < -0.39 is 120 Å². The van der Waals surface area contributed by atoms with Crippen molar-refractivity contribution in [1.29, 1.82) is 0 Å². The number of aliphatic hydroxyl groups is 1. The molecule has 0 aromatic heterocycles. The van der Waals surface area contributed by atoms with E-state index in [1.807, 2.05) is 30.3 Å². The van der Waals surface area contributed by atoms with Crippen LogP contribution in [-0.2, 0) is 66.3 Å². The zero-order valence-electron chi connectivity index (χ0n) is 30.6. The predicted octanol–water partition coefficient (Wildman–Crippen LogP) is 1.52. The molecular formula is C34H50O15SeSi.